The summed E-state index contributed by atoms with van der Waals surface area (Å²) in [6.45, 7) is 5.32. The topological polar surface area (TPSA) is 41.1 Å². The molecule has 2 rings (SSSR count). The third-order valence-corrected chi connectivity index (χ3v) is 4.21. The smallest absolute Gasteiger partial charge is 0.349 e. The zero-order chi connectivity index (χ0) is 17.0. The predicted molar refractivity (Wildman–Crippen MR) is 82.8 cm³/mol. The van der Waals surface area contributed by atoms with E-state index in [0.717, 1.165) is 31.5 Å². The van der Waals surface area contributed by atoms with E-state index >= 15 is 0 Å². The molecule has 0 aromatic heterocycles. The van der Waals surface area contributed by atoms with Crippen molar-refractivity contribution in [3.05, 3.63) is 35.4 Å². The number of piperidine rings is 1. The number of nitrogens with one attached hydrogen (secondary N) is 2. The van der Waals surface area contributed by atoms with Crippen LogP contribution in [-0.2, 0) is 11.0 Å². The van der Waals surface area contributed by atoms with Crippen LogP contribution in [0.1, 0.15) is 43.9 Å². The fraction of sp³-hybridized carbons (Fsp3) is 0.588. The number of alkyl halides is 3. The van der Waals surface area contributed by atoms with Gasteiger partial charge in [0.15, 0.2) is 0 Å². The molecule has 128 valence electrons. The van der Waals surface area contributed by atoms with Gasteiger partial charge in [-0.05, 0) is 43.0 Å². The molecular weight excluding hydrogens is 305 g/mol. The highest BCUT2D eigenvalue weighted by atomic mass is 19.4. The van der Waals surface area contributed by atoms with Crippen LogP contribution in [0.3, 0.4) is 0 Å². The van der Waals surface area contributed by atoms with Crippen LogP contribution in [0.4, 0.5) is 13.2 Å². The second-order valence-electron chi connectivity index (χ2n) is 6.40. The molecule has 1 heterocycles. The minimum absolute atomic E-state index is 0.000941. The molecule has 0 aliphatic carbocycles. The van der Waals surface area contributed by atoms with E-state index in [1.165, 1.54) is 6.07 Å². The Labute approximate surface area is 134 Å². The molecule has 1 aliphatic rings. The van der Waals surface area contributed by atoms with Crippen molar-refractivity contribution in [1.82, 2.24) is 10.6 Å². The van der Waals surface area contributed by atoms with Gasteiger partial charge in [-0.3, -0.25) is 4.79 Å². The molecule has 1 aromatic carbocycles. The summed E-state index contributed by atoms with van der Waals surface area (Å²) >= 11 is 0. The molecule has 23 heavy (non-hydrogen) atoms. The average Bonchev–Trinajstić information content (AvgIpc) is 2.52. The maximum atomic E-state index is 12.9. The van der Waals surface area contributed by atoms with Gasteiger partial charge in [0.25, 0.3) is 0 Å². The lowest BCUT2D eigenvalue weighted by Crippen LogP contribution is -2.42. The fourth-order valence-corrected chi connectivity index (χ4v) is 2.89. The molecule has 0 spiro atoms. The first kappa shape index (κ1) is 17.8. The summed E-state index contributed by atoms with van der Waals surface area (Å²) in [5, 5.41) is 6.11. The van der Waals surface area contributed by atoms with Gasteiger partial charge in [0.1, 0.15) is 0 Å². The van der Waals surface area contributed by atoms with Crippen LogP contribution in [0, 0.1) is 11.8 Å². The molecule has 1 amide bonds. The van der Waals surface area contributed by atoms with E-state index in [-0.39, 0.29) is 17.7 Å². The minimum atomic E-state index is -4.38. The lowest BCUT2D eigenvalue weighted by Gasteiger charge is -2.28. The van der Waals surface area contributed by atoms with Crippen LogP contribution in [0.15, 0.2) is 24.3 Å². The Morgan fingerprint density at radius 3 is 2.65 bits per heavy atom. The van der Waals surface area contributed by atoms with Gasteiger partial charge in [0.2, 0.25) is 5.91 Å². The molecule has 0 saturated carbocycles. The van der Waals surface area contributed by atoms with Crippen LogP contribution in [0.2, 0.25) is 0 Å². The van der Waals surface area contributed by atoms with Gasteiger partial charge in [-0.25, -0.2) is 0 Å². The number of amides is 1. The first-order chi connectivity index (χ1) is 10.8. The maximum absolute atomic E-state index is 12.9. The van der Waals surface area contributed by atoms with Crippen molar-refractivity contribution in [2.75, 3.05) is 13.1 Å². The monoisotopic (exact) mass is 328 g/mol. The zero-order valence-electron chi connectivity index (χ0n) is 13.4. The van der Waals surface area contributed by atoms with Crippen molar-refractivity contribution in [3.8, 4) is 0 Å². The summed E-state index contributed by atoms with van der Waals surface area (Å²) in [5.41, 5.74) is -0.193. The third-order valence-electron chi connectivity index (χ3n) is 4.21. The third kappa shape index (κ3) is 4.70. The molecule has 2 unspecified atom stereocenters. The molecule has 1 fully saturated rings. The Morgan fingerprint density at radius 2 is 2.09 bits per heavy atom. The van der Waals surface area contributed by atoms with Crippen LogP contribution >= 0.6 is 0 Å². The highest BCUT2D eigenvalue weighted by Gasteiger charge is 2.32. The van der Waals surface area contributed by atoms with E-state index in [4.69, 9.17) is 0 Å². The Balaban J connectivity index is 2.16. The van der Waals surface area contributed by atoms with E-state index in [1.54, 1.807) is 6.07 Å². The van der Waals surface area contributed by atoms with E-state index in [0.29, 0.717) is 12.1 Å². The van der Waals surface area contributed by atoms with Crippen molar-refractivity contribution in [3.63, 3.8) is 0 Å². The van der Waals surface area contributed by atoms with Gasteiger partial charge in [-0.15, -0.1) is 0 Å². The first-order valence-electron chi connectivity index (χ1n) is 7.97. The van der Waals surface area contributed by atoms with Gasteiger partial charge in [0.05, 0.1) is 17.5 Å². The Morgan fingerprint density at radius 1 is 1.35 bits per heavy atom. The molecule has 2 N–H and O–H groups in total. The second-order valence-corrected chi connectivity index (χ2v) is 6.40. The number of hydrogen-bond donors (Lipinski definition) is 2. The highest BCUT2D eigenvalue weighted by molar-refractivity contribution is 5.79. The predicted octanol–water partition coefficient (Wildman–Crippen LogP) is 3.52. The van der Waals surface area contributed by atoms with E-state index in [1.807, 2.05) is 13.8 Å². The van der Waals surface area contributed by atoms with Crippen molar-refractivity contribution in [2.45, 2.75) is 38.9 Å². The van der Waals surface area contributed by atoms with Crippen LogP contribution in [-0.4, -0.2) is 19.0 Å². The summed E-state index contributed by atoms with van der Waals surface area (Å²) in [6, 6.07) is 4.78. The molecule has 0 radical (unpaired) electrons. The molecule has 1 saturated heterocycles. The van der Waals surface area contributed by atoms with Crippen molar-refractivity contribution in [2.24, 2.45) is 11.8 Å². The Hall–Kier alpha value is -1.56. The number of benzene rings is 1. The standard InChI is InChI=1S/C17H23F3N2O/c1-11(2)15(22-16(23)13-6-4-8-21-10-13)12-5-3-7-14(9-12)17(18,19)20/h3,5,7,9,11,13,15,21H,4,6,8,10H2,1-2H3,(H,22,23). The Bertz CT molecular complexity index is 537. The summed E-state index contributed by atoms with van der Waals surface area (Å²) in [7, 11) is 0. The molecule has 6 heteroatoms. The Kier molecular flexibility index (Phi) is 5.68. The van der Waals surface area contributed by atoms with Crippen molar-refractivity contribution < 1.29 is 18.0 Å². The van der Waals surface area contributed by atoms with Gasteiger partial charge >= 0.3 is 6.18 Å². The van der Waals surface area contributed by atoms with E-state index in [9.17, 15) is 18.0 Å². The van der Waals surface area contributed by atoms with Crippen molar-refractivity contribution in [1.29, 1.82) is 0 Å². The number of rotatable bonds is 4. The van der Waals surface area contributed by atoms with E-state index < -0.39 is 17.8 Å². The largest absolute Gasteiger partial charge is 0.416 e. The van der Waals surface area contributed by atoms with Gasteiger partial charge < -0.3 is 10.6 Å². The fourth-order valence-electron chi connectivity index (χ4n) is 2.89. The summed E-state index contributed by atoms with van der Waals surface area (Å²) < 4.78 is 38.7. The molecule has 2 atom stereocenters. The number of carbonyl (C=O) groups excluding carboxylic acids is 1. The van der Waals surface area contributed by atoms with Crippen LogP contribution in [0.5, 0.6) is 0 Å². The molecule has 0 bridgehead atoms. The maximum Gasteiger partial charge on any atom is 0.416 e. The minimum Gasteiger partial charge on any atom is -0.349 e. The number of hydrogen-bond acceptors (Lipinski definition) is 2. The molecule has 1 aromatic rings. The van der Waals surface area contributed by atoms with Gasteiger partial charge in [-0.1, -0.05) is 26.0 Å². The van der Waals surface area contributed by atoms with E-state index in [2.05, 4.69) is 10.6 Å². The molecule has 1 aliphatic heterocycles. The lowest BCUT2D eigenvalue weighted by molar-refractivity contribution is -0.137. The number of carbonyl (C=O) groups is 1. The van der Waals surface area contributed by atoms with Crippen LogP contribution < -0.4 is 10.6 Å². The quantitative estimate of drug-likeness (QED) is 0.888. The van der Waals surface area contributed by atoms with Gasteiger partial charge in [-0.2, -0.15) is 13.2 Å². The second kappa shape index (κ2) is 7.34. The average molecular weight is 328 g/mol. The van der Waals surface area contributed by atoms with Crippen LogP contribution in [0.25, 0.3) is 0 Å². The number of halogens is 3. The first-order valence-corrected chi connectivity index (χ1v) is 7.97. The SMILES string of the molecule is CC(C)C(NC(=O)C1CCCNC1)c1cccc(C(F)(F)F)c1. The molecule has 3 nitrogen and oxygen atoms in total. The van der Waals surface area contributed by atoms with Crippen molar-refractivity contribution >= 4 is 5.91 Å². The summed E-state index contributed by atoms with van der Waals surface area (Å²) in [6.07, 6.45) is -2.63. The molecular formula is C17H23F3N2O. The lowest BCUT2D eigenvalue weighted by atomic mass is 9.92. The van der Waals surface area contributed by atoms with Gasteiger partial charge in [0, 0.05) is 6.54 Å². The highest BCUT2D eigenvalue weighted by Crippen LogP contribution is 2.32. The zero-order valence-corrected chi connectivity index (χ0v) is 13.4. The summed E-state index contributed by atoms with van der Waals surface area (Å²) in [4.78, 5) is 12.4. The normalized spacial score (nSPS) is 20.3. The summed E-state index contributed by atoms with van der Waals surface area (Å²) in [5.74, 6) is -0.205.